The van der Waals surface area contributed by atoms with Gasteiger partial charge in [-0.1, -0.05) is 6.42 Å². The molecule has 3 heteroatoms. The van der Waals surface area contributed by atoms with E-state index in [-0.39, 0.29) is 0 Å². The van der Waals surface area contributed by atoms with Crippen LogP contribution in [0.2, 0.25) is 0 Å². The minimum atomic E-state index is -0.557. The van der Waals surface area contributed by atoms with Crippen LogP contribution in [0.15, 0.2) is 11.8 Å². The molecule has 0 saturated carbocycles. The predicted octanol–water partition coefficient (Wildman–Crippen LogP) is 1.98. The third kappa shape index (κ3) is 1.80. The molecule has 2 nitrogen and oxygen atoms in total. The first-order valence-corrected chi connectivity index (χ1v) is 6.19. The summed E-state index contributed by atoms with van der Waals surface area (Å²) >= 11 is 0. The number of rotatable bonds is 1. The molecule has 2 rings (SSSR count). The Morgan fingerprint density at radius 2 is 2.00 bits per heavy atom. The average molecular weight is 200 g/mol. The Hall–Kier alpha value is -0.310. The fourth-order valence-electron chi connectivity index (χ4n) is 2.38. The fraction of sp³-hybridized carbons (Fsp3) is 0.800. The van der Waals surface area contributed by atoms with Crippen LogP contribution in [0, 0.1) is 0 Å². The molecule has 2 heterocycles. The van der Waals surface area contributed by atoms with E-state index in [9.17, 15) is 4.21 Å². The molecule has 2 unspecified atom stereocenters. The molecule has 0 aromatic heterocycles. The normalized spacial score (nSPS) is 38.5. The smallest absolute Gasteiger partial charge is 0.0817 e. The van der Waals surface area contributed by atoms with Gasteiger partial charge in [-0.25, -0.2) is 0 Å². The first kappa shape index (κ1) is 9.25. The minimum Gasteiger partial charge on any atom is -0.504 e. The van der Waals surface area contributed by atoms with Gasteiger partial charge >= 0.3 is 0 Å². The highest BCUT2D eigenvalue weighted by Gasteiger charge is 2.35. The third-order valence-electron chi connectivity index (χ3n) is 2.97. The molecule has 0 aromatic rings. The van der Waals surface area contributed by atoms with Gasteiger partial charge in [0.1, 0.15) is 0 Å². The lowest BCUT2D eigenvalue weighted by molar-refractivity contribution is 0.328. The van der Waals surface area contributed by atoms with Crippen LogP contribution >= 0.6 is 0 Å². The van der Waals surface area contributed by atoms with Crippen molar-refractivity contribution in [3.8, 4) is 0 Å². The van der Waals surface area contributed by atoms with E-state index < -0.39 is 10.8 Å². The van der Waals surface area contributed by atoms with Gasteiger partial charge in [-0.2, -0.15) is 0 Å². The lowest BCUT2D eigenvalue weighted by Gasteiger charge is -2.34. The van der Waals surface area contributed by atoms with Gasteiger partial charge in [-0.3, -0.25) is 4.21 Å². The van der Waals surface area contributed by atoms with E-state index in [1.54, 1.807) is 7.11 Å². The molecule has 13 heavy (non-hydrogen) atoms. The highest BCUT2D eigenvalue weighted by molar-refractivity contribution is 7.86. The van der Waals surface area contributed by atoms with Crippen molar-refractivity contribution >= 4 is 10.8 Å². The van der Waals surface area contributed by atoms with Crippen molar-refractivity contribution in [1.82, 2.24) is 0 Å². The number of ether oxygens (including phenoxy) is 1. The maximum Gasteiger partial charge on any atom is 0.0817 e. The van der Waals surface area contributed by atoms with Crippen LogP contribution in [-0.2, 0) is 15.5 Å². The van der Waals surface area contributed by atoms with Crippen molar-refractivity contribution in [1.29, 1.82) is 0 Å². The molecule has 2 atom stereocenters. The van der Waals surface area contributed by atoms with Crippen LogP contribution in [0.25, 0.3) is 0 Å². The van der Waals surface area contributed by atoms with Crippen LogP contribution in [0.4, 0.5) is 0 Å². The Bertz CT molecular complexity index is 229. The standard InChI is InChI=1S/C10H16O2S/c1-12-7-8-5-9-3-2-4-10(6-8)13(9)11/h7,9-10H,2-6H2,1H3. The molecule has 0 radical (unpaired) electrons. The zero-order valence-electron chi connectivity index (χ0n) is 7.99. The predicted molar refractivity (Wildman–Crippen MR) is 53.9 cm³/mol. The third-order valence-corrected chi connectivity index (χ3v) is 5.09. The van der Waals surface area contributed by atoms with E-state index in [4.69, 9.17) is 4.74 Å². The van der Waals surface area contributed by atoms with Crippen molar-refractivity contribution in [3.05, 3.63) is 11.8 Å². The van der Waals surface area contributed by atoms with Gasteiger partial charge in [0.25, 0.3) is 0 Å². The molecule has 2 aliphatic rings. The van der Waals surface area contributed by atoms with Crippen molar-refractivity contribution < 1.29 is 8.95 Å². The van der Waals surface area contributed by atoms with Gasteiger partial charge in [0, 0.05) is 21.3 Å². The summed E-state index contributed by atoms with van der Waals surface area (Å²) in [5, 5.41) is 0.850. The maximum absolute atomic E-state index is 11.8. The van der Waals surface area contributed by atoms with Gasteiger partial charge in [-0.15, -0.1) is 0 Å². The van der Waals surface area contributed by atoms with E-state index in [2.05, 4.69) is 0 Å². The molecule has 2 bridgehead atoms. The number of methoxy groups -OCH3 is 1. The lowest BCUT2D eigenvalue weighted by atomic mass is 9.95. The SMILES string of the molecule is COC=C1CC2CCCC(C1)S2=O. The Kier molecular flexibility index (Phi) is 2.72. The van der Waals surface area contributed by atoms with E-state index in [0.29, 0.717) is 10.5 Å². The molecule has 0 aliphatic carbocycles. The summed E-state index contributed by atoms with van der Waals surface area (Å²) in [4.78, 5) is 0. The van der Waals surface area contributed by atoms with Gasteiger partial charge in [0.05, 0.1) is 13.4 Å². The molecule has 0 spiro atoms. The number of hydrogen-bond donors (Lipinski definition) is 0. The summed E-state index contributed by atoms with van der Waals surface area (Å²) in [5.41, 5.74) is 1.36. The highest BCUT2D eigenvalue weighted by atomic mass is 32.2. The van der Waals surface area contributed by atoms with Crippen LogP contribution < -0.4 is 0 Å². The average Bonchev–Trinajstić information content (AvgIpc) is 2.07. The monoisotopic (exact) mass is 200 g/mol. The second kappa shape index (κ2) is 3.82. The van der Waals surface area contributed by atoms with Gasteiger partial charge in [0.15, 0.2) is 0 Å². The quantitative estimate of drug-likeness (QED) is 0.605. The zero-order valence-corrected chi connectivity index (χ0v) is 8.81. The molecule has 2 fully saturated rings. The Morgan fingerprint density at radius 3 is 2.54 bits per heavy atom. The zero-order chi connectivity index (χ0) is 9.26. The lowest BCUT2D eigenvalue weighted by Crippen LogP contribution is -2.36. The molecule has 0 aromatic carbocycles. The number of fused-ring (bicyclic) bond motifs is 2. The Morgan fingerprint density at radius 1 is 1.38 bits per heavy atom. The van der Waals surface area contributed by atoms with Gasteiger partial charge in [0.2, 0.25) is 0 Å². The van der Waals surface area contributed by atoms with Crippen LogP contribution in [0.5, 0.6) is 0 Å². The summed E-state index contributed by atoms with van der Waals surface area (Å²) in [6.07, 6.45) is 7.39. The van der Waals surface area contributed by atoms with Crippen molar-refractivity contribution in [2.24, 2.45) is 0 Å². The Labute approximate surface area is 81.8 Å². The molecule has 0 amide bonds. The second-order valence-electron chi connectivity index (χ2n) is 3.92. The van der Waals surface area contributed by atoms with E-state index in [0.717, 1.165) is 25.7 Å². The molecule has 74 valence electrons. The fourth-order valence-corrected chi connectivity index (χ4v) is 4.48. The highest BCUT2D eigenvalue weighted by Crippen LogP contribution is 2.36. The van der Waals surface area contributed by atoms with E-state index >= 15 is 0 Å². The summed E-state index contributed by atoms with van der Waals surface area (Å²) in [5.74, 6) is 0. The van der Waals surface area contributed by atoms with Crippen molar-refractivity contribution in [2.75, 3.05) is 7.11 Å². The molecular weight excluding hydrogens is 184 g/mol. The second-order valence-corrected chi connectivity index (χ2v) is 5.91. The first-order valence-electron chi connectivity index (χ1n) is 4.91. The van der Waals surface area contributed by atoms with Crippen LogP contribution in [-0.4, -0.2) is 21.8 Å². The summed E-state index contributed by atoms with van der Waals surface area (Å²) in [6, 6.07) is 0. The minimum absolute atomic E-state index is 0.425. The van der Waals surface area contributed by atoms with Gasteiger partial charge < -0.3 is 4.74 Å². The van der Waals surface area contributed by atoms with Crippen LogP contribution in [0.1, 0.15) is 32.1 Å². The van der Waals surface area contributed by atoms with E-state index in [1.807, 2.05) is 6.26 Å². The molecular formula is C10H16O2S. The summed E-state index contributed by atoms with van der Waals surface area (Å²) < 4.78 is 16.8. The van der Waals surface area contributed by atoms with Gasteiger partial charge in [-0.05, 0) is 31.3 Å². The van der Waals surface area contributed by atoms with Crippen molar-refractivity contribution in [2.45, 2.75) is 42.6 Å². The van der Waals surface area contributed by atoms with Crippen LogP contribution in [0.3, 0.4) is 0 Å². The number of allylic oxidation sites excluding steroid dienone is 1. The number of hydrogen-bond acceptors (Lipinski definition) is 2. The Balaban J connectivity index is 2.12. The topological polar surface area (TPSA) is 26.3 Å². The summed E-state index contributed by atoms with van der Waals surface area (Å²) in [6.45, 7) is 0. The first-order chi connectivity index (χ1) is 6.31. The molecule has 2 saturated heterocycles. The maximum atomic E-state index is 11.8. The molecule has 0 N–H and O–H groups in total. The summed E-state index contributed by atoms with van der Waals surface area (Å²) in [7, 11) is 1.13. The van der Waals surface area contributed by atoms with E-state index in [1.165, 1.54) is 12.0 Å². The van der Waals surface area contributed by atoms with Crippen molar-refractivity contribution in [3.63, 3.8) is 0 Å². The molecule has 2 aliphatic heterocycles. The largest absolute Gasteiger partial charge is 0.504 e.